The van der Waals surface area contributed by atoms with Gasteiger partial charge in [-0.15, -0.1) is 0 Å². The zero-order valence-corrected chi connectivity index (χ0v) is 22.5. The summed E-state index contributed by atoms with van der Waals surface area (Å²) in [5.41, 5.74) is 11.8. The Morgan fingerprint density at radius 1 is 0.432 bits per heavy atom. The van der Waals surface area contributed by atoms with Gasteiger partial charge in [-0.25, -0.2) is 0 Å². The van der Waals surface area contributed by atoms with Crippen LogP contribution in [0.5, 0.6) is 0 Å². The topological polar surface area (TPSA) is 0 Å². The SMILES string of the molecule is C[Si](C)(C1C=CC=C1)C1C(c2ccccc2)=C(c2ccccc2)C(c2ccccc2)=C1c1ccccc1. The lowest BCUT2D eigenvalue weighted by Crippen LogP contribution is -2.37. The average Bonchev–Trinajstić information content (AvgIpc) is 3.63. The molecule has 0 nitrogen and oxygen atoms in total. The van der Waals surface area contributed by atoms with Crippen LogP contribution in [0.2, 0.25) is 24.2 Å². The molecule has 1 heteroatoms. The van der Waals surface area contributed by atoms with Crippen molar-refractivity contribution in [2.24, 2.45) is 0 Å². The van der Waals surface area contributed by atoms with Crippen LogP contribution in [0, 0.1) is 0 Å². The standard InChI is InChI=1S/C36H32Si/c1-37(2,31-25-15-16-26-31)36-34(29-21-11-5-12-22-29)32(27-17-7-3-8-18-27)33(28-19-9-4-10-20-28)35(36)30-23-13-6-14-24-30/h3-26,31,36H,1-2H3. The van der Waals surface area contributed by atoms with Crippen molar-refractivity contribution >= 4 is 30.4 Å². The van der Waals surface area contributed by atoms with Crippen molar-refractivity contribution in [3.8, 4) is 0 Å². The molecule has 0 radical (unpaired) electrons. The van der Waals surface area contributed by atoms with Crippen molar-refractivity contribution in [3.05, 3.63) is 168 Å². The van der Waals surface area contributed by atoms with Gasteiger partial charge in [0.15, 0.2) is 0 Å². The minimum absolute atomic E-state index is 0.333. The molecule has 0 bridgehead atoms. The lowest BCUT2D eigenvalue weighted by atomic mass is 9.89. The third kappa shape index (κ3) is 4.20. The third-order valence-electron chi connectivity index (χ3n) is 8.01. The van der Waals surface area contributed by atoms with Crippen LogP contribution < -0.4 is 0 Å². The van der Waals surface area contributed by atoms with Gasteiger partial charge in [-0.2, -0.15) is 0 Å². The van der Waals surface area contributed by atoms with Crippen LogP contribution >= 0.6 is 0 Å². The highest BCUT2D eigenvalue weighted by Crippen LogP contribution is 2.62. The van der Waals surface area contributed by atoms with Gasteiger partial charge in [-0.1, -0.05) is 159 Å². The second kappa shape index (κ2) is 9.84. The summed E-state index contributed by atoms with van der Waals surface area (Å²) < 4.78 is 0. The van der Waals surface area contributed by atoms with E-state index in [4.69, 9.17) is 0 Å². The molecule has 180 valence electrons. The minimum Gasteiger partial charge on any atom is -0.0803 e. The summed E-state index contributed by atoms with van der Waals surface area (Å²) in [7, 11) is -1.97. The van der Waals surface area contributed by atoms with Crippen molar-refractivity contribution in [1.29, 1.82) is 0 Å². The number of benzene rings is 4. The van der Waals surface area contributed by atoms with E-state index in [0.29, 0.717) is 11.1 Å². The molecule has 0 fully saturated rings. The fourth-order valence-corrected chi connectivity index (χ4v) is 9.94. The summed E-state index contributed by atoms with van der Waals surface area (Å²) in [4.78, 5) is 0. The molecular weight excluding hydrogens is 460 g/mol. The minimum atomic E-state index is -1.97. The molecular formula is C36H32Si. The molecule has 0 saturated carbocycles. The Bertz CT molecular complexity index is 1390. The van der Waals surface area contributed by atoms with E-state index in [1.807, 2.05) is 0 Å². The normalized spacial score (nSPS) is 16.3. The quantitative estimate of drug-likeness (QED) is 0.235. The van der Waals surface area contributed by atoms with Gasteiger partial charge in [0.2, 0.25) is 0 Å². The van der Waals surface area contributed by atoms with E-state index < -0.39 is 8.07 Å². The summed E-state index contributed by atoms with van der Waals surface area (Å²) in [6, 6.07) is 44.4. The maximum atomic E-state index is 2.59. The highest BCUT2D eigenvalue weighted by atomic mass is 28.3. The van der Waals surface area contributed by atoms with E-state index in [1.54, 1.807) is 0 Å². The van der Waals surface area contributed by atoms with Gasteiger partial charge >= 0.3 is 0 Å². The summed E-state index contributed by atoms with van der Waals surface area (Å²) >= 11 is 0. The van der Waals surface area contributed by atoms with Crippen LogP contribution in [0.15, 0.2) is 146 Å². The number of hydrogen-bond donors (Lipinski definition) is 0. The van der Waals surface area contributed by atoms with E-state index in [9.17, 15) is 0 Å². The molecule has 4 aromatic carbocycles. The summed E-state index contributed by atoms with van der Waals surface area (Å²) in [5, 5.41) is 0. The van der Waals surface area contributed by atoms with Crippen molar-refractivity contribution in [3.63, 3.8) is 0 Å². The van der Waals surface area contributed by atoms with Crippen LogP contribution in [0.4, 0.5) is 0 Å². The second-order valence-corrected chi connectivity index (χ2v) is 15.5. The van der Waals surface area contributed by atoms with Crippen LogP contribution in [-0.2, 0) is 0 Å². The smallest absolute Gasteiger partial charge is 0.0715 e. The molecule has 37 heavy (non-hydrogen) atoms. The van der Waals surface area contributed by atoms with E-state index >= 15 is 0 Å². The molecule has 2 aliphatic rings. The Balaban J connectivity index is 1.76. The van der Waals surface area contributed by atoms with Crippen LogP contribution in [0.25, 0.3) is 22.3 Å². The first-order valence-corrected chi connectivity index (χ1v) is 16.4. The average molecular weight is 493 g/mol. The van der Waals surface area contributed by atoms with Crippen molar-refractivity contribution in [1.82, 2.24) is 0 Å². The molecule has 0 unspecified atom stereocenters. The molecule has 0 saturated heterocycles. The maximum Gasteiger partial charge on any atom is 0.0715 e. The summed E-state index contributed by atoms with van der Waals surface area (Å²) in [6.07, 6.45) is 9.34. The first kappa shape index (κ1) is 23.5. The van der Waals surface area contributed by atoms with E-state index in [-0.39, 0.29) is 0 Å². The number of hydrogen-bond acceptors (Lipinski definition) is 0. The van der Waals surface area contributed by atoms with Gasteiger partial charge in [-0.05, 0) is 50.1 Å². The Kier molecular flexibility index (Phi) is 6.24. The Labute approximate surface area is 222 Å². The van der Waals surface area contributed by atoms with E-state index in [2.05, 4.69) is 159 Å². The third-order valence-corrected chi connectivity index (χ3v) is 12.2. The van der Waals surface area contributed by atoms with Crippen LogP contribution in [0.3, 0.4) is 0 Å². The van der Waals surface area contributed by atoms with E-state index in [0.717, 1.165) is 0 Å². The van der Waals surface area contributed by atoms with Gasteiger partial charge in [0.25, 0.3) is 0 Å². The van der Waals surface area contributed by atoms with Crippen LogP contribution in [0.1, 0.15) is 22.3 Å². The van der Waals surface area contributed by atoms with Gasteiger partial charge in [0, 0.05) is 5.54 Å². The molecule has 0 atom stereocenters. The monoisotopic (exact) mass is 492 g/mol. The molecule has 0 heterocycles. The Hall–Kier alpha value is -3.94. The number of rotatable bonds is 6. The fourth-order valence-electron chi connectivity index (χ4n) is 6.23. The summed E-state index contributed by atoms with van der Waals surface area (Å²) in [5.74, 6) is 0. The Morgan fingerprint density at radius 3 is 1.11 bits per heavy atom. The molecule has 0 spiro atoms. The molecule has 0 N–H and O–H groups in total. The van der Waals surface area contributed by atoms with Gasteiger partial charge < -0.3 is 0 Å². The first-order valence-electron chi connectivity index (χ1n) is 13.2. The largest absolute Gasteiger partial charge is 0.0803 e. The molecule has 0 aliphatic heterocycles. The highest BCUT2D eigenvalue weighted by molar-refractivity contribution is 6.85. The molecule has 6 rings (SSSR count). The second-order valence-electron chi connectivity index (χ2n) is 10.6. The Morgan fingerprint density at radius 2 is 0.757 bits per heavy atom. The number of allylic oxidation sites excluding steroid dienone is 8. The summed E-state index contributed by atoms with van der Waals surface area (Å²) in [6.45, 7) is 5.18. The first-order chi connectivity index (χ1) is 18.2. The van der Waals surface area contributed by atoms with Gasteiger partial charge in [-0.3, -0.25) is 0 Å². The molecule has 0 amide bonds. The molecule has 2 aliphatic carbocycles. The fraction of sp³-hybridized carbons (Fsp3) is 0.111. The van der Waals surface area contributed by atoms with Crippen molar-refractivity contribution in [2.45, 2.75) is 24.2 Å². The zero-order valence-electron chi connectivity index (χ0n) is 21.5. The zero-order chi connectivity index (χ0) is 25.2. The highest BCUT2D eigenvalue weighted by Gasteiger charge is 2.48. The van der Waals surface area contributed by atoms with Gasteiger partial charge in [0.05, 0.1) is 8.07 Å². The lowest BCUT2D eigenvalue weighted by molar-refractivity contribution is 1.19. The lowest BCUT2D eigenvalue weighted by Gasteiger charge is -2.38. The van der Waals surface area contributed by atoms with Crippen LogP contribution in [-0.4, -0.2) is 8.07 Å². The van der Waals surface area contributed by atoms with Gasteiger partial charge in [0.1, 0.15) is 0 Å². The predicted octanol–water partition coefficient (Wildman–Crippen LogP) is 9.80. The van der Waals surface area contributed by atoms with Crippen molar-refractivity contribution < 1.29 is 0 Å². The van der Waals surface area contributed by atoms with Crippen molar-refractivity contribution in [2.75, 3.05) is 0 Å². The molecule has 0 aromatic heterocycles. The molecule has 4 aromatic rings. The predicted molar refractivity (Wildman–Crippen MR) is 163 cm³/mol. The van der Waals surface area contributed by atoms with E-state index in [1.165, 1.54) is 44.5 Å². The maximum absolute atomic E-state index is 2.59.